The molecular weight excluding hydrogens is 354 g/mol. The van der Waals surface area contributed by atoms with Crippen LogP contribution in [0.3, 0.4) is 0 Å². The molecule has 0 N–H and O–H groups in total. The van der Waals surface area contributed by atoms with Crippen molar-refractivity contribution in [3.63, 3.8) is 0 Å². The Morgan fingerprint density at radius 2 is 1.96 bits per heavy atom. The van der Waals surface area contributed by atoms with Gasteiger partial charge in [0, 0.05) is 25.5 Å². The van der Waals surface area contributed by atoms with Crippen molar-refractivity contribution in [2.24, 2.45) is 0 Å². The Balaban J connectivity index is 2.10. The van der Waals surface area contributed by atoms with Gasteiger partial charge in [-0.25, -0.2) is 0 Å². The highest BCUT2D eigenvalue weighted by molar-refractivity contribution is 6.05. The highest BCUT2D eigenvalue weighted by Gasteiger charge is 2.53. The number of esters is 1. The minimum atomic E-state index is -1.54. The van der Waals surface area contributed by atoms with E-state index in [-0.39, 0.29) is 17.5 Å². The standard InChI is InChI=1S/C19H21NO7/c1-11(21)26-16-17(23)19(2,27-18(16)20-10-6-9-14(20)22)12-7-5-8-13(24-3)15(12)25-4/h5,7-8H,6,9-10H2,1-4H3. The first kappa shape index (κ1) is 18.8. The van der Waals surface area contributed by atoms with Crippen molar-refractivity contribution in [2.75, 3.05) is 20.8 Å². The average molecular weight is 375 g/mol. The quantitative estimate of drug-likeness (QED) is 0.726. The molecule has 2 heterocycles. The van der Waals surface area contributed by atoms with Gasteiger partial charge < -0.3 is 18.9 Å². The van der Waals surface area contributed by atoms with E-state index in [1.165, 1.54) is 26.0 Å². The molecule has 0 saturated carbocycles. The van der Waals surface area contributed by atoms with Gasteiger partial charge in [-0.05, 0) is 19.4 Å². The predicted molar refractivity (Wildman–Crippen MR) is 92.7 cm³/mol. The molecule has 1 aromatic carbocycles. The van der Waals surface area contributed by atoms with Gasteiger partial charge in [0.1, 0.15) is 0 Å². The van der Waals surface area contributed by atoms with Crippen molar-refractivity contribution in [3.8, 4) is 11.5 Å². The number of carbonyl (C=O) groups excluding carboxylic acids is 3. The topological polar surface area (TPSA) is 91.4 Å². The van der Waals surface area contributed by atoms with Crippen molar-refractivity contribution < 1.29 is 33.3 Å². The largest absolute Gasteiger partial charge is 0.493 e. The molecule has 1 fully saturated rings. The minimum absolute atomic E-state index is 0.0370. The third-order valence-electron chi connectivity index (χ3n) is 4.62. The van der Waals surface area contributed by atoms with Crippen LogP contribution in [0.2, 0.25) is 0 Å². The number of likely N-dealkylation sites (tertiary alicyclic amines) is 1. The molecule has 1 aromatic rings. The van der Waals surface area contributed by atoms with Crippen LogP contribution in [-0.4, -0.2) is 43.3 Å². The van der Waals surface area contributed by atoms with E-state index in [1.54, 1.807) is 25.1 Å². The summed E-state index contributed by atoms with van der Waals surface area (Å²) in [5.41, 5.74) is -1.14. The number of nitrogens with zero attached hydrogens (tertiary/aromatic N) is 1. The summed E-state index contributed by atoms with van der Waals surface area (Å²) in [5, 5.41) is 0. The molecule has 8 heteroatoms. The highest BCUT2D eigenvalue weighted by Crippen LogP contribution is 2.46. The van der Waals surface area contributed by atoms with Crippen LogP contribution in [0, 0.1) is 0 Å². The summed E-state index contributed by atoms with van der Waals surface area (Å²) in [7, 11) is 2.94. The van der Waals surface area contributed by atoms with Gasteiger partial charge in [-0.3, -0.25) is 19.3 Å². The molecule has 0 radical (unpaired) electrons. The first-order chi connectivity index (χ1) is 12.8. The zero-order chi connectivity index (χ0) is 19.8. The van der Waals surface area contributed by atoms with Gasteiger partial charge in [-0.1, -0.05) is 12.1 Å². The summed E-state index contributed by atoms with van der Waals surface area (Å²) in [6.07, 6.45) is 0.972. The summed E-state index contributed by atoms with van der Waals surface area (Å²) in [4.78, 5) is 38.3. The lowest BCUT2D eigenvalue weighted by atomic mass is 9.90. The fourth-order valence-electron chi connectivity index (χ4n) is 3.31. The molecule has 1 atom stereocenters. The smallest absolute Gasteiger partial charge is 0.308 e. The number of benzene rings is 1. The molecule has 1 saturated heterocycles. The summed E-state index contributed by atoms with van der Waals surface area (Å²) in [5.74, 6) is -0.995. The predicted octanol–water partition coefficient (Wildman–Crippen LogP) is 1.87. The number of ether oxygens (including phenoxy) is 4. The second kappa shape index (κ2) is 6.94. The second-order valence-electron chi connectivity index (χ2n) is 6.38. The summed E-state index contributed by atoms with van der Waals surface area (Å²) < 4.78 is 21.8. The summed E-state index contributed by atoms with van der Waals surface area (Å²) in [6, 6.07) is 5.05. The molecule has 0 bridgehead atoms. The van der Waals surface area contributed by atoms with Gasteiger partial charge in [0.2, 0.25) is 23.2 Å². The van der Waals surface area contributed by atoms with Crippen LogP contribution in [0.25, 0.3) is 0 Å². The fraction of sp³-hybridized carbons (Fsp3) is 0.421. The molecule has 27 heavy (non-hydrogen) atoms. The summed E-state index contributed by atoms with van der Waals surface area (Å²) >= 11 is 0. The molecule has 1 unspecified atom stereocenters. The lowest BCUT2D eigenvalue weighted by molar-refractivity contribution is -0.142. The Kier molecular flexibility index (Phi) is 4.82. The van der Waals surface area contributed by atoms with Gasteiger partial charge in [0.15, 0.2) is 11.5 Å². The average Bonchev–Trinajstić information content (AvgIpc) is 3.17. The van der Waals surface area contributed by atoms with Crippen LogP contribution in [0.4, 0.5) is 0 Å². The lowest BCUT2D eigenvalue weighted by Gasteiger charge is -2.27. The van der Waals surface area contributed by atoms with Gasteiger partial charge in [-0.2, -0.15) is 0 Å². The van der Waals surface area contributed by atoms with E-state index in [0.29, 0.717) is 36.4 Å². The van der Waals surface area contributed by atoms with Gasteiger partial charge in [-0.15, -0.1) is 0 Å². The molecule has 144 valence electrons. The van der Waals surface area contributed by atoms with E-state index in [9.17, 15) is 14.4 Å². The van der Waals surface area contributed by atoms with E-state index in [0.717, 1.165) is 0 Å². The Morgan fingerprint density at radius 3 is 2.52 bits per heavy atom. The molecule has 2 aliphatic heterocycles. The molecule has 3 rings (SSSR count). The van der Waals surface area contributed by atoms with Crippen LogP contribution < -0.4 is 9.47 Å². The zero-order valence-electron chi connectivity index (χ0n) is 15.7. The Hall–Kier alpha value is -3.03. The SMILES string of the molecule is COc1cccc(C2(C)OC(N3CCCC3=O)=C(OC(C)=O)C2=O)c1OC. The molecule has 0 spiro atoms. The molecule has 1 amide bonds. The number of Topliss-reactive ketones (excluding diaryl/α,β-unsaturated/α-hetero) is 1. The number of amides is 1. The lowest BCUT2D eigenvalue weighted by Crippen LogP contribution is -2.33. The molecule has 2 aliphatic rings. The molecule has 0 aromatic heterocycles. The first-order valence-corrected chi connectivity index (χ1v) is 8.51. The molecule has 8 nitrogen and oxygen atoms in total. The minimum Gasteiger partial charge on any atom is -0.493 e. The normalized spacial score (nSPS) is 22.1. The second-order valence-corrected chi connectivity index (χ2v) is 6.38. The van der Waals surface area contributed by atoms with Crippen LogP contribution in [0.15, 0.2) is 29.8 Å². The monoisotopic (exact) mass is 375 g/mol. The van der Waals surface area contributed by atoms with Crippen molar-refractivity contribution in [3.05, 3.63) is 35.4 Å². The van der Waals surface area contributed by atoms with E-state index < -0.39 is 17.4 Å². The molecule has 0 aliphatic carbocycles. The number of ketones is 1. The van der Waals surface area contributed by atoms with Crippen molar-refractivity contribution in [2.45, 2.75) is 32.3 Å². The van der Waals surface area contributed by atoms with Gasteiger partial charge in [0.25, 0.3) is 5.78 Å². The van der Waals surface area contributed by atoms with E-state index >= 15 is 0 Å². The van der Waals surface area contributed by atoms with Gasteiger partial charge in [0.05, 0.1) is 14.2 Å². The number of carbonyl (C=O) groups is 3. The number of methoxy groups -OCH3 is 2. The van der Waals surface area contributed by atoms with Crippen LogP contribution >= 0.6 is 0 Å². The van der Waals surface area contributed by atoms with Gasteiger partial charge >= 0.3 is 5.97 Å². The highest BCUT2D eigenvalue weighted by atomic mass is 16.6. The number of hydrogen-bond acceptors (Lipinski definition) is 7. The van der Waals surface area contributed by atoms with E-state index in [1.807, 2.05) is 0 Å². The number of para-hydroxylation sites is 1. The third-order valence-corrected chi connectivity index (χ3v) is 4.62. The Morgan fingerprint density at radius 1 is 1.22 bits per heavy atom. The van der Waals surface area contributed by atoms with Crippen LogP contribution in [0.1, 0.15) is 32.3 Å². The van der Waals surface area contributed by atoms with Crippen LogP contribution in [0.5, 0.6) is 11.5 Å². The van der Waals surface area contributed by atoms with Crippen molar-refractivity contribution in [1.82, 2.24) is 4.90 Å². The van der Waals surface area contributed by atoms with E-state index in [4.69, 9.17) is 18.9 Å². The molecular formula is C19H21NO7. The Labute approximate surface area is 156 Å². The maximum absolute atomic E-state index is 13.2. The Bertz CT molecular complexity index is 844. The van der Waals surface area contributed by atoms with E-state index in [2.05, 4.69) is 0 Å². The summed E-state index contributed by atoms with van der Waals surface area (Å²) in [6.45, 7) is 3.12. The zero-order valence-corrected chi connectivity index (χ0v) is 15.7. The third kappa shape index (κ3) is 3.01. The van der Waals surface area contributed by atoms with Crippen molar-refractivity contribution in [1.29, 1.82) is 0 Å². The number of hydrogen-bond donors (Lipinski definition) is 0. The maximum atomic E-state index is 13.2. The van der Waals surface area contributed by atoms with Crippen LogP contribution in [-0.2, 0) is 29.5 Å². The fourth-order valence-corrected chi connectivity index (χ4v) is 3.31. The number of rotatable bonds is 5. The first-order valence-electron chi connectivity index (χ1n) is 8.51. The maximum Gasteiger partial charge on any atom is 0.308 e. The van der Waals surface area contributed by atoms with Crippen molar-refractivity contribution >= 4 is 17.7 Å².